The second-order valence-electron chi connectivity index (χ2n) is 5.65. The van der Waals surface area contributed by atoms with Crippen molar-refractivity contribution < 1.29 is 9.59 Å². The summed E-state index contributed by atoms with van der Waals surface area (Å²) in [5, 5.41) is 8.51. The Balaban J connectivity index is 1.54. The minimum absolute atomic E-state index is 0.0948. The van der Waals surface area contributed by atoms with Crippen LogP contribution in [-0.4, -0.2) is 28.3 Å². The Morgan fingerprint density at radius 1 is 1.15 bits per heavy atom. The maximum atomic E-state index is 12.0. The lowest BCUT2D eigenvalue weighted by atomic mass is 10.2. The number of pyridine rings is 1. The minimum atomic E-state index is -0.137. The number of aromatic nitrogens is 2. The van der Waals surface area contributed by atoms with Gasteiger partial charge in [-0.15, -0.1) is 11.3 Å². The minimum Gasteiger partial charge on any atom is -0.352 e. The lowest BCUT2D eigenvalue weighted by Gasteiger charge is -2.03. The van der Waals surface area contributed by atoms with Gasteiger partial charge in [-0.3, -0.25) is 14.6 Å². The maximum Gasteiger partial charge on any atom is 0.252 e. The summed E-state index contributed by atoms with van der Waals surface area (Å²) in [4.78, 5) is 31.6. The summed E-state index contributed by atoms with van der Waals surface area (Å²) in [6.45, 7) is 1.99. The molecule has 0 aliphatic rings. The third-order valence-corrected chi connectivity index (χ3v) is 4.53. The number of rotatable bonds is 6. The first kappa shape index (κ1) is 17.8. The third-order valence-electron chi connectivity index (χ3n) is 3.59. The summed E-state index contributed by atoms with van der Waals surface area (Å²) in [6, 6.07) is 11.0. The lowest BCUT2D eigenvalue weighted by molar-refractivity contribution is -0.114. The summed E-state index contributed by atoms with van der Waals surface area (Å²) >= 11 is 1.56. The van der Waals surface area contributed by atoms with Crippen LogP contribution in [0.1, 0.15) is 23.0 Å². The van der Waals surface area contributed by atoms with Gasteiger partial charge in [0.05, 0.1) is 11.3 Å². The molecule has 0 unspecified atom stereocenters. The fourth-order valence-corrected chi connectivity index (χ4v) is 3.22. The van der Waals surface area contributed by atoms with E-state index in [0.717, 1.165) is 22.0 Å². The Labute approximate surface area is 155 Å². The second-order valence-corrected chi connectivity index (χ2v) is 6.51. The van der Waals surface area contributed by atoms with E-state index in [0.29, 0.717) is 18.5 Å². The molecule has 0 saturated carbocycles. The number of amides is 2. The molecule has 2 amide bonds. The van der Waals surface area contributed by atoms with Crippen molar-refractivity contribution in [3.63, 3.8) is 0 Å². The number of carbonyl (C=O) groups is 2. The molecule has 0 radical (unpaired) electrons. The zero-order chi connectivity index (χ0) is 18.4. The van der Waals surface area contributed by atoms with Crippen molar-refractivity contribution in [3.8, 4) is 10.6 Å². The van der Waals surface area contributed by atoms with Gasteiger partial charge in [0.1, 0.15) is 5.01 Å². The summed E-state index contributed by atoms with van der Waals surface area (Å²) in [7, 11) is 0. The second kappa shape index (κ2) is 8.35. The van der Waals surface area contributed by atoms with E-state index in [9.17, 15) is 9.59 Å². The highest BCUT2D eigenvalue weighted by Gasteiger charge is 2.07. The predicted octanol–water partition coefficient (Wildman–Crippen LogP) is 3.14. The number of hydrogen-bond acceptors (Lipinski definition) is 5. The highest BCUT2D eigenvalue weighted by Crippen LogP contribution is 2.25. The molecule has 6 nitrogen and oxygen atoms in total. The molecule has 2 heterocycles. The SMILES string of the molecule is CC(=O)Nc1ccc(-c2nc(CCNC(=O)c3cccnc3)cs2)cc1. The van der Waals surface area contributed by atoms with Crippen molar-refractivity contribution in [2.45, 2.75) is 13.3 Å². The molecule has 0 aliphatic carbocycles. The van der Waals surface area contributed by atoms with Gasteiger partial charge in [-0.1, -0.05) is 0 Å². The average molecular weight is 366 g/mol. The van der Waals surface area contributed by atoms with Crippen LogP contribution in [0, 0.1) is 0 Å². The maximum absolute atomic E-state index is 12.0. The van der Waals surface area contributed by atoms with Crippen molar-refractivity contribution in [1.82, 2.24) is 15.3 Å². The highest BCUT2D eigenvalue weighted by atomic mass is 32.1. The Morgan fingerprint density at radius 3 is 2.65 bits per heavy atom. The molecule has 7 heteroatoms. The molecule has 0 bridgehead atoms. The Bertz CT molecular complexity index is 891. The van der Waals surface area contributed by atoms with Crippen LogP contribution in [0.5, 0.6) is 0 Å². The van der Waals surface area contributed by atoms with Crippen molar-refractivity contribution in [3.05, 3.63) is 65.4 Å². The molecule has 2 aromatic heterocycles. The van der Waals surface area contributed by atoms with E-state index in [1.807, 2.05) is 29.6 Å². The number of nitrogens with zero attached hydrogens (tertiary/aromatic N) is 2. The first-order valence-corrected chi connectivity index (χ1v) is 9.00. The molecule has 0 spiro atoms. The van der Waals surface area contributed by atoms with Crippen LogP contribution in [0.4, 0.5) is 5.69 Å². The fraction of sp³-hybridized carbons (Fsp3) is 0.158. The van der Waals surface area contributed by atoms with Crippen molar-refractivity contribution >= 4 is 28.8 Å². The van der Waals surface area contributed by atoms with Gasteiger partial charge < -0.3 is 10.6 Å². The Morgan fingerprint density at radius 2 is 1.96 bits per heavy atom. The molecule has 0 fully saturated rings. The molecule has 0 aliphatic heterocycles. The van der Waals surface area contributed by atoms with Gasteiger partial charge in [-0.2, -0.15) is 0 Å². The van der Waals surface area contributed by atoms with Gasteiger partial charge in [-0.05, 0) is 36.4 Å². The number of thiazole rings is 1. The van der Waals surface area contributed by atoms with E-state index in [2.05, 4.69) is 20.6 Å². The van der Waals surface area contributed by atoms with Crippen LogP contribution in [0.3, 0.4) is 0 Å². The van der Waals surface area contributed by atoms with Gasteiger partial charge in [0.2, 0.25) is 5.91 Å². The van der Waals surface area contributed by atoms with E-state index in [4.69, 9.17) is 0 Å². The Hall–Kier alpha value is -3.06. The predicted molar refractivity (Wildman–Crippen MR) is 102 cm³/mol. The Kier molecular flexibility index (Phi) is 5.70. The molecule has 26 heavy (non-hydrogen) atoms. The lowest BCUT2D eigenvalue weighted by Crippen LogP contribution is -2.25. The summed E-state index contributed by atoms with van der Waals surface area (Å²) in [5.74, 6) is -0.232. The molecular weight excluding hydrogens is 348 g/mol. The van der Waals surface area contributed by atoms with Gasteiger partial charge in [0.15, 0.2) is 0 Å². The molecule has 0 atom stereocenters. The quantitative estimate of drug-likeness (QED) is 0.702. The topological polar surface area (TPSA) is 84.0 Å². The third kappa shape index (κ3) is 4.73. The fourth-order valence-electron chi connectivity index (χ4n) is 2.36. The van der Waals surface area contributed by atoms with E-state index in [1.165, 1.54) is 6.92 Å². The molecule has 2 N–H and O–H groups in total. The molecule has 132 valence electrons. The summed E-state index contributed by atoms with van der Waals surface area (Å²) < 4.78 is 0. The van der Waals surface area contributed by atoms with Crippen molar-refractivity contribution in [1.29, 1.82) is 0 Å². The number of nitrogens with one attached hydrogen (secondary N) is 2. The first-order valence-electron chi connectivity index (χ1n) is 8.12. The van der Waals surface area contributed by atoms with E-state index < -0.39 is 0 Å². The first-order chi connectivity index (χ1) is 12.6. The van der Waals surface area contributed by atoms with Crippen LogP contribution >= 0.6 is 11.3 Å². The monoisotopic (exact) mass is 366 g/mol. The van der Waals surface area contributed by atoms with Crippen LogP contribution in [0.25, 0.3) is 10.6 Å². The number of hydrogen-bond donors (Lipinski definition) is 2. The van der Waals surface area contributed by atoms with Crippen LogP contribution in [0.2, 0.25) is 0 Å². The van der Waals surface area contributed by atoms with E-state index in [1.54, 1.807) is 35.9 Å². The van der Waals surface area contributed by atoms with E-state index in [-0.39, 0.29) is 11.8 Å². The van der Waals surface area contributed by atoms with Crippen molar-refractivity contribution in [2.75, 3.05) is 11.9 Å². The smallest absolute Gasteiger partial charge is 0.252 e. The molecule has 1 aromatic carbocycles. The number of carbonyl (C=O) groups excluding carboxylic acids is 2. The van der Waals surface area contributed by atoms with Gasteiger partial charge in [-0.25, -0.2) is 4.98 Å². The molecule has 3 aromatic rings. The van der Waals surface area contributed by atoms with Crippen LogP contribution in [0.15, 0.2) is 54.2 Å². The normalized spacial score (nSPS) is 10.3. The average Bonchev–Trinajstić information content (AvgIpc) is 3.11. The van der Waals surface area contributed by atoms with E-state index >= 15 is 0 Å². The molecule has 3 rings (SSSR count). The summed E-state index contributed by atoms with van der Waals surface area (Å²) in [6.07, 6.45) is 3.84. The van der Waals surface area contributed by atoms with Gasteiger partial charge in [0, 0.05) is 48.9 Å². The largest absolute Gasteiger partial charge is 0.352 e. The van der Waals surface area contributed by atoms with Crippen LogP contribution < -0.4 is 10.6 Å². The number of benzene rings is 1. The van der Waals surface area contributed by atoms with Crippen molar-refractivity contribution in [2.24, 2.45) is 0 Å². The zero-order valence-electron chi connectivity index (χ0n) is 14.2. The standard InChI is InChI=1S/C19H18N4O2S/c1-13(24)22-16-6-4-14(5-7-16)19-23-17(12-26-19)8-10-21-18(25)15-3-2-9-20-11-15/h2-7,9,11-12H,8,10H2,1H3,(H,21,25)(H,22,24). The zero-order valence-corrected chi connectivity index (χ0v) is 15.0. The van der Waals surface area contributed by atoms with Gasteiger partial charge >= 0.3 is 0 Å². The highest BCUT2D eigenvalue weighted by molar-refractivity contribution is 7.13. The molecule has 0 saturated heterocycles. The van der Waals surface area contributed by atoms with Gasteiger partial charge in [0.25, 0.3) is 5.91 Å². The number of anilines is 1. The molecular formula is C19H18N4O2S. The van der Waals surface area contributed by atoms with Crippen LogP contribution in [-0.2, 0) is 11.2 Å². The summed E-state index contributed by atoms with van der Waals surface area (Å²) in [5.41, 5.74) is 3.24.